The highest BCUT2D eigenvalue weighted by Gasteiger charge is 2.48. The zero-order valence-corrected chi connectivity index (χ0v) is 15.9. The standard InChI is InChI=1S/C21H24N4O3/c1-24-12-11-22-19(24)18(14-7-3-2-4-8-14)23-17(26)13-25-20(27)15-9-5-6-10-16(15)21(25)28/h2-4,7-8,11-12,15-16,18H,5-6,9-10,13H2,1H3,(H,23,26)/t15-,16+,18-/m0/s1. The summed E-state index contributed by atoms with van der Waals surface area (Å²) >= 11 is 0. The molecule has 7 nitrogen and oxygen atoms in total. The fraction of sp³-hybridized carbons (Fsp3) is 0.429. The number of nitrogens with zero attached hydrogens (tertiary/aromatic N) is 3. The lowest BCUT2D eigenvalue weighted by Crippen LogP contribution is -2.42. The summed E-state index contributed by atoms with van der Waals surface area (Å²) in [6.45, 7) is -0.238. The van der Waals surface area contributed by atoms with Crippen molar-refractivity contribution in [3.63, 3.8) is 0 Å². The summed E-state index contributed by atoms with van der Waals surface area (Å²) in [6, 6.07) is 9.08. The number of amides is 3. The zero-order chi connectivity index (χ0) is 19.7. The molecule has 1 saturated heterocycles. The Kier molecular flexibility index (Phi) is 4.98. The van der Waals surface area contributed by atoms with Crippen molar-refractivity contribution < 1.29 is 14.4 Å². The number of aryl methyl sites for hydroxylation is 1. The lowest BCUT2D eigenvalue weighted by atomic mass is 9.81. The van der Waals surface area contributed by atoms with Gasteiger partial charge in [0, 0.05) is 19.4 Å². The molecule has 7 heteroatoms. The van der Waals surface area contributed by atoms with Crippen LogP contribution in [0.15, 0.2) is 42.7 Å². The van der Waals surface area contributed by atoms with E-state index in [0.717, 1.165) is 36.1 Å². The van der Waals surface area contributed by atoms with Crippen molar-refractivity contribution in [2.24, 2.45) is 18.9 Å². The molecule has 2 fully saturated rings. The average molecular weight is 380 g/mol. The minimum Gasteiger partial charge on any atom is -0.341 e. The Hall–Kier alpha value is -2.96. The van der Waals surface area contributed by atoms with Crippen LogP contribution in [0.1, 0.15) is 43.1 Å². The highest BCUT2D eigenvalue weighted by atomic mass is 16.2. The number of hydrogen-bond donors (Lipinski definition) is 1. The van der Waals surface area contributed by atoms with Gasteiger partial charge in [0.15, 0.2) is 0 Å². The third-order valence-corrected chi connectivity index (χ3v) is 5.79. The van der Waals surface area contributed by atoms with Gasteiger partial charge in [0.2, 0.25) is 17.7 Å². The first kappa shape index (κ1) is 18.4. The lowest BCUT2D eigenvalue weighted by molar-refractivity contribution is -0.143. The molecule has 2 aromatic rings. The quantitative estimate of drug-likeness (QED) is 0.802. The topological polar surface area (TPSA) is 84.3 Å². The van der Waals surface area contributed by atoms with Gasteiger partial charge in [-0.2, -0.15) is 0 Å². The van der Waals surface area contributed by atoms with Crippen LogP contribution in [0.5, 0.6) is 0 Å². The van der Waals surface area contributed by atoms with Crippen LogP contribution in [0.25, 0.3) is 0 Å². The first-order valence-electron chi connectivity index (χ1n) is 9.73. The normalized spacial score (nSPS) is 22.8. The first-order chi connectivity index (χ1) is 13.6. The van der Waals surface area contributed by atoms with Gasteiger partial charge in [-0.15, -0.1) is 0 Å². The lowest BCUT2D eigenvalue weighted by Gasteiger charge is -2.21. The van der Waals surface area contributed by atoms with Gasteiger partial charge in [-0.1, -0.05) is 43.2 Å². The Bertz CT molecular complexity index is 868. The van der Waals surface area contributed by atoms with Crippen LogP contribution < -0.4 is 5.32 Å². The monoisotopic (exact) mass is 380 g/mol. The van der Waals surface area contributed by atoms with Gasteiger partial charge in [0.1, 0.15) is 18.4 Å². The molecule has 1 saturated carbocycles. The Morgan fingerprint density at radius 2 is 1.79 bits per heavy atom. The molecule has 146 valence electrons. The smallest absolute Gasteiger partial charge is 0.241 e. The highest BCUT2D eigenvalue weighted by Crippen LogP contribution is 2.37. The van der Waals surface area contributed by atoms with Gasteiger partial charge in [0.05, 0.1) is 11.8 Å². The van der Waals surface area contributed by atoms with Crippen molar-refractivity contribution in [3.05, 3.63) is 54.1 Å². The summed E-state index contributed by atoms with van der Waals surface area (Å²) in [6.07, 6.45) is 6.91. The zero-order valence-electron chi connectivity index (χ0n) is 15.9. The summed E-state index contributed by atoms with van der Waals surface area (Å²) in [5.41, 5.74) is 0.887. The van der Waals surface area contributed by atoms with Crippen LogP contribution >= 0.6 is 0 Å². The van der Waals surface area contributed by atoms with E-state index in [1.54, 1.807) is 6.20 Å². The molecule has 0 bridgehead atoms. The van der Waals surface area contributed by atoms with E-state index in [-0.39, 0.29) is 36.1 Å². The van der Waals surface area contributed by atoms with Crippen molar-refractivity contribution >= 4 is 17.7 Å². The SMILES string of the molecule is Cn1ccnc1[C@@H](NC(=O)CN1C(=O)[C@H]2CCCC[C@H]2C1=O)c1ccccc1. The van der Waals surface area contributed by atoms with Crippen molar-refractivity contribution in [2.45, 2.75) is 31.7 Å². The van der Waals surface area contributed by atoms with E-state index in [0.29, 0.717) is 5.82 Å². The van der Waals surface area contributed by atoms with Crippen molar-refractivity contribution in [2.75, 3.05) is 6.54 Å². The van der Waals surface area contributed by atoms with Gasteiger partial charge in [-0.25, -0.2) is 4.98 Å². The summed E-state index contributed by atoms with van der Waals surface area (Å²) in [5, 5.41) is 2.96. The van der Waals surface area contributed by atoms with Gasteiger partial charge >= 0.3 is 0 Å². The molecule has 4 rings (SSSR count). The molecule has 1 aromatic heterocycles. The molecule has 1 N–H and O–H groups in total. The summed E-state index contributed by atoms with van der Waals surface area (Å²) < 4.78 is 1.85. The molecule has 0 unspecified atom stereocenters. The number of carbonyl (C=O) groups is 3. The van der Waals surface area contributed by atoms with Crippen LogP contribution in [-0.2, 0) is 21.4 Å². The highest BCUT2D eigenvalue weighted by molar-refractivity contribution is 6.07. The molecule has 3 atom stereocenters. The molecule has 1 aromatic carbocycles. The maximum Gasteiger partial charge on any atom is 0.241 e. The number of imidazole rings is 1. The number of rotatable bonds is 5. The van der Waals surface area contributed by atoms with Gasteiger partial charge in [-0.05, 0) is 18.4 Å². The number of aromatic nitrogens is 2. The first-order valence-corrected chi connectivity index (χ1v) is 9.73. The van der Waals surface area contributed by atoms with Gasteiger partial charge in [-0.3, -0.25) is 19.3 Å². The molecule has 0 radical (unpaired) electrons. The van der Waals surface area contributed by atoms with E-state index in [1.165, 1.54) is 0 Å². The van der Waals surface area contributed by atoms with Crippen LogP contribution in [0.4, 0.5) is 0 Å². The minimum absolute atomic E-state index is 0.196. The number of fused-ring (bicyclic) bond motifs is 1. The van der Waals surface area contributed by atoms with Crippen molar-refractivity contribution in [1.82, 2.24) is 19.8 Å². The van der Waals surface area contributed by atoms with E-state index in [2.05, 4.69) is 10.3 Å². The average Bonchev–Trinajstić information content (AvgIpc) is 3.24. The van der Waals surface area contributed by atoms with Crippen molar-refractivity contribution in [1.29, 1.82) is 0 Å². The fourth-order valence-corrected chi connectivity index (χ4v) is 4.33. The number of carbonyl (C=O) groups excluding carboxylic acids is 3. The Balaban J connectivity index is 1.52. The van der Waals surface area contributed by atoms with Crippen molar-refractivity contribution in [3.8, 4) is 0 Å². The molecule has 2 aliphatic rings. The number of nitrogens with one attached hydrogen (secondary N) is 1. The molecule has 3 amide bonds. The summed E-state index contributed by atoms with van der Waals surface area (Å²) in [4.78, 5) is 43.6. The molecule has 1 aliphatic carbocycles. The minimum atomic E-state index is -0.455. The van der Waals surface area contributed by atoms with E-state index in [4.69, 9.17) is 0 Å². The molecule has 0 spiro atoms. The van der Waals surface area contributed by atoms with Crippen LogP contribution in [-0.4, -0.2) is 38.7 Å². The molecular weight excluding hydrogens is 356 g/mol. The maximum absolute atomic E-state index is 12.8. The van der Waals surface area contributed by atoms with E-state index in [1.807, 2.05) is 48.1 Å². The third kappa shape index (κ3) is 3.32. The largest absolute Gasteiger partial charge is 0.341 e. The molecule has 1 aliphatic heterocycles. The second kappa shape index (κ2) is 7.58. The molecule has 2 heterocycles. The second-order valence-electron chi connectivity index (χ2n) is 7.57. The second-order valence-corrected chi connectivity index (χ2v) is 7.57. The summed E-state index contributed by atoms with van der Waals surface area (Å²) in [5.74, 6) is -0.553. The van der Waals surface area contributed by atoms with Crippen LogP contribution in [0.2, 0.25) is 0 Å². The number of hydrogen-bond acceptors (Lipinski definition) is 4. The predicted octanol–water partition coefficient (Wildman–Crippen LogP) is 1.80. The summed E-state index contributed by atoms with van der Waals surface area (Å²) in [7, 11) is 1.86. The number of benzene rings is 1. The van der Waals surface area contributed by atoms with E-state index in [9.17, 15) is 14.4 Å². The van der Waals surface area contributed by atoms with Crippen LogP contribution in [0, 0.1) is 11.8 Å². The molecular formula is C21H24N4O3. The Morgan fingerprint density at radius 1 is 1.14 bits per heavy atom. The fourth-order valence-electron chi connectivity index (χ4n) is 4.33. The van der Waals surface area contributed by atoms with E-state index >= 15 is 0 Å². The molecule has 28 heavy (non-hydrogen) atoms. The van der Waals surface area contributed by atoms with Gasteiger partial charge < -0.3 is 9.88 Å². The Labute approximate surface area is 163 Å². The van der Waals surface area contributed by atoms with Crippen LogP contribution in [0.3, 0.4) is 0 Å². The van der Waals surface area contributed by atoms with E-state index < -0.39 is 6.04 Å². The number of imide groups is 1. The number of likely N-dealkylation sites (tertiary alicyclic amines) is 1. The van der Waals surface area contributed by atoms with Gasteiger partial charge in [0.25, 0.3) is 0 Å². The predicted molar refractivity (Wildman–Crippen MR) is 102 cm³/mol. The third-order valence-electron chi connectivity index (χ3n) is 5.79. The Morgan fingerprint density at radius 3 is 2.36 bits per heavy atom. The maximum atomic E-state index is 12.8.